The van der Waals surface area contributed by atoms with Gasteiger partial charge in [-0.2, -0.15) is 5.10 Å². The van der Waals surface area contributed by atoms with Crippen molar-refractivity contribution in [2.45, 2.75) is 44.6 Å². The Morgan fingerprint density at radius 2 is 2.03 bits per heavy atom. The van der Waals surface area contributed by atoms with E-state index in [1.165, 1.54) is 20.2 Å². The van der Waals surface area contributed by atoms with Gasteiger partial charge in [0.05, 0.1) is 17.3 Å². The lowest BCUT2D eigenvalue weighted by atomic mass is 9.98. The van der Waals surface area contributed by atoms with Crippen LogP contribution in [0.25, 0.3) is 0 Å². The van der Waals surface area contributed by atoms with E-state index in [2.05, 4.69) is 10.4 Å². The van der Waals surface area contributed by atoms with Gasteiger partial charge in [0.25, 0.3) is 0 Å². The molecule has 0 aliphatic heterocycles. The molecular formula is C21H28ClFN4O4S. The van der Waals surface area contributed by atoms with E-state index >= 15 is 0 Å². The van der Waals surface area contributed by atoms with Gasteiger partial charge in [-0.15, -0.1) is 0 Å². The van der Waals surface area contributed by atoms with Crippen molar-refractivity contribution >= 4 is 27.7 Å². The first-order valence-electron chi connectivity index (χ1n) is 9.93. The predicted octanol–water partition coefficient (Wildman–Crippen LogP) is 3.93. The average Bonchev–Trinajstić information content (AvgIpc) is 2.97. The Labute approximate surface area is 192 Å². The van der Waals surface area contributed by atoms with Gasteiger partial charge in [0, 0.05) is 38.3 Å². The normalized spacial score (nSPS) is 12.6. The molecular weight excluding hydrogens is 459 g/mol. The zero-order valence-electron chi connectivity index (χ0n) is 18.7. The standard InChI is InChI=1S/C21H28ClFN4O4S/c1-13(2)20-17(14(3)27(25-20)12-16(23)8-9-24-21(28)29)10-15-6-7-19(18(22)11-15)32(30,31)26(4)5/h6-8,11,13,24H,9-10,12H2,1-5H3,(H,28,29). The average molecular weight is 487 g/mol. The highest BCUT2D eigenvalue weighted by Crippen LogP contribution is 2.29. The smallest absolute Gasteiger partial charge is 0.404 e. The number of nitrogens with zero attached hydrogens (tertiary/aromatic N) is 3. The second-order valence-electron chi connectivity index (χ2n) is 7.83. The van der Waals surface area contributed by atoms with E-state index in [4.69, 9.17) is 16.7 Å². The lowest BCUT2D eigenvalue weighted by Gasteiger charge is -2.14. The molecule has 0 unspecified atom stereocenters. The van der Waals surface area contributed by atoms with Gasteiger partial charge >= 0.3 is 6.09 Å². The molecule has 11 heteroatoms. The molecule has 1 heterocycles. The first-order chi connectivity index (χ1) is 14.8. The lowest BCUT2D eigenvalue weighted by Crippen LogP contribution is -2.22. The fourth-order valence-electron chi connectivity index (χ4n) is 3.16. The maximum atomic E-state index is 14.3. The molecule has 32 heavy (non-hydrogen) atoms. The molecule has 0 atom stereocenters. The molecule has 1 aromatic heterocycles. The first kappa shape index (κ1) is 25.8. The third-order valence-electron chi connectivity index (χ3n) is 4.92. The Morgan fingerprint density at radius 1 is 1.38 bits per heavy atom. The number of carbonyl (C=O) groups is 1. The van der Waals surface area contributed by atoms with Crippen LogP contribution in [-0.2, 0) is 23.0 Å². The monoisotopic (exact) mass is 486 g/mol. The van der Waals surface area contributed by atoms with Crippen LogP contribution >= 0.6 is 11.6 Å². The van der Waals surface area contributed by atoms with Crippen molar-refractivity contribution in [2.24, 2.45) is 0 Å². The number of halogens is 2. The predicted molar refractivity (Wildman–Crippen MR) is 121 cm³/mol. The Kier molecular flexibility index (Phi) is 8.44. The molecule has 0 radical (unpaired) electrons. The fourth-order valence-corrected chi connectivity index (χ4v) is 4.60. The summed E-state index contributed by atoms with van der Waals surface area (Å²) in [5.41, 5.74) is 3.29. The van der Waals surface area contributed by atoms with Crippen molar-refractivity contribution in [3.8, 4) is 0 Å². The number of hydrogen-bond acceptors (Lipinski definition) is 4. The van der Waals surface area contributed by atoms with Crippen LogP contribution in [0.3, 0.4) is 0 Å². The minimum Gasteiger partial charge on any atom is -0.465 e. The summed E-state index contributed by atoms with van der Waals surface area (Å²) in [7, 11) is -0.770. The third-order valence-corrected chi connectivity index (χ3v) is 7.22. The SMILES string of the molecule is Cc1c(Cc2ccc(S(=O)(=O)N(C)C)c(Cl)c2)c(C(C)C)nn1CC(F)=CCNC(=O)O. The summed E-state index contributed by atoms with van der Waals surface area (Å²) < 4.78 is 41.7. The molecule has 2 N–H and O–H groups in total. The van der Waals surface area contributed by atoms with E-state index in [1.807, 2.05) is 20.8 Å². The highest BCUT2D eigenvalue weighted by atomic mass is 35.5. The van der Waals surface area contributed by atoms with Crippen LogP contribution < -0.4 is 5.32 Å². The van der Waals surface area contributed by atoms with Gasteiger partial charge < -0.3 is 10.4 Å². The van der Waals surface area contributed by atoms with Gasteiger partial charge in [0.1, 0.15) is 10.7 Å². The zero-order valence-corrected chi connectivity index (χ0v) is 20.3. The van der Waals surface area contributed by atoms with E-state index in [-0.39, 0.29) is 28.9 Å². The van der Waals surface area contributed by atoms with Crippen LogP contribution in [-0.4, -0.2) is 54.3 Å². The minimum absolute atomic E-state index is 0.0339. The Balaban J connectivity index is 2.34. The van der Waals surface area contributed by atoms with Crippen LogP contribution in [0.4, 0.5) is 9.18 Å². The van der Waals surface area contributed by atoms with Crippen LogP contribution in [0.2, 0.25) is 5.02 Å². The maximum absolute atomic E-state index is 14.3. The highest BCUT2D eigenvalue weighted by Gasteiger charge is 2.22. The summed E-state index contributed by atoms with van der Waals surface area (Å²) in [6.45, 7) is 5.56. The zero-order chi connectivity index (χ0) is 24.2. The van der Waals surface area contributed by atoms with Crippen molar-refractivity contribution in [1.29, 1.82) is 0 Å². The molecule has 0 fully saturated rings. The largest absolute Gasteiger partial charge is 0.465 e. The number of amides is 1. The van der Waals surface area contributed by atoms with Gasteiger partial charge in [-0.05, 0) is 36.6 Å². The van der Waals surface area contributed by atoms with Gasteiger partial charge in [0.15, 0.2) is 0 Å². The molecule has 1 aromatic carbocycles. The molecule has 0 aliphatic rings. The summed E-state index contributed by atoms with van der Waals surface area (Å²) in [5.74, 6) is -0.429. The highest BCUT2D eigenvalue weighted by molar-refractivity contribution is 7.89. The van der Waals surface area contributed by atoms with Gasteiger partial charge in [-0.25, -0.2) is 21.9 Å². The van der Waals surface area contributed by atoms with E-state index in [1.54, 1.807) is 16.8 Å². The molecule has 1 amide bonds. The van der Waals surface area contributed by atoms with E-state index in [0.717, 1.165) is 32.9 Å². The number of aromatic nitrogens is 2. The summed E-state index contributed by atoms with van der Waals surface area (Å²) in [6, 6.07) is 4.82. The van der Waals surface area contributed by atoms with E-state index in [0.29, 0.717) is 6.42 Å². The van der Waals surface area contributed by atoms with Crippen molar-refractivity contribution in [1.82, 2.24) is 19.4 Å². The number of rotatable bonds is 9. The first-order valence-corrected chi connectivity index (χ1v) is 11.7. The van der Waals surface area contributed by atoms with Crippen LogP contribution in [0, 0.1) is 6.92 Å². The van der Waals surface area contributed by atoms with Gasteiger partial charge in [-0.1, -0.05) is 31.5 Å². The summed E-state index contributed by atoms with van der Waals surface area (Å²) in [4.78, 5) is 10.5. The Morgan fingerprint density at radius 3 is 2.56 bits per heavy atom. The van der Waals surface area contributed by atoms with Crippen molar-refractivity contribution in [3.05, 3.63) is 57.6 Å². The number of hydrogen-bond donors (Lipinski definition) is 2. The topological polar surface area (TPSA) is 105 Å². The summed E-state index contributed by atoms with van der Waals surface area (Å²) >= 11 is 6.28. The molecule has 0 saturated carbocycles. The molecule has 2 rings (SSSR count). The Hall–Kier alpha value is -2.43. The number of allylic oxidation sites excluding steroid dienone is 1. The number of benzene rings is 1. The van der Waals surface area contributed by atoms with E-state index < -0.39 is 21.9 Å². The molecule has 2 aromatic rings. The lowest BCUT2D eigenvalue weighted by molar-refractivity contribution is 0.195. The van der Waals surface area contributed by atoms with Crippen molar-refractivity contribution in [2.75, 3.05) is 20.6 Å². The molecule has 176 valence electrons. The van der Waals surface area contributed by atoms with Gasteiger partial charge in [0.2, 0.25) is 10.0 Å². The number of sulfonamides is 1. The van der Waals surface area contributed by atoms with Crippen LogP contribution in [0.15, 0.2) is 35.0 Å². The molecule has 0 aliphatic carbocycles. The van der Waals surface area contributed by atoms with Gasteiger partial charge in [-0.3, -0.25) is 4.68 Å². The number of carboxylic acid groups (broad SMARTS) is 1. The second kappa shape index (κ2) is 10.5. The molecule has 0 saturated heterocycles. The molecule has 0 bridgehead atoms. The van der Waals surface area contributed by atoms with Crippen LogP contribution in [0.1, 0.15) is 42.3 Å². The summed E-state index contributed by atoms with van der Waals surface area (Å²) in [6.07, 6.45) is 0.387. The third kappa shape index (κ3) is 6.08. The second-order valence-corrected chi connectivity index (χ2v) is 10.4. The van der Waals surface area contributed by atoms with Crippen molar-refractivity contribution < 1.29 is 22.7 Å². The van der Waals surface area contributed by atoms with Crippen molar-refractivity contribution in [3.63, 3.8) is 0 Å². The molecule has 8 nitrogen and oxygen atoms in total. The number of nitrogens with one attached hydrogen (secondary N) is 1. The maximum Gasteiger partial charge on any atom is 0.404 e. The van der Waals surface area contributed by atoms with E-state index in [9.17, 15) is 17.6 Å². The fraction of sp³-hybridized carbons (Fsp3) is 0.429. The van der Waals surface area contributed by atoms with Crippen LogP contribution in [0.5, 0.6) is 0 Å². The Bertz CT molecular complexity index is 1130. The quantitative estimate of drug-likeness (QED) is 0.558. The molecule has 0 spiro atoms. The minimum atomic E-state index is -3.65. The summed E-state index contributed by atoms with van der Waals surface area (Å²) in [5, 5.41) is 15.4.